The number of hydrogen-bond acceptors (Lipinski definition) is 6. The number of rotatable bonds is 4. The van der Waals surface area contributed by atoms with Gasteiger partial charge in [-0.15, -0.1) is 10.2 Å². The van der Waals surface area contributed by atoms with Gasteiger partial charge >= 0.3 is 6.18 Å². The topological polar surface area (TPSA) is 91.2 Å². The zero-order valence-electron chi connectivity index (χ0n) is 15.4. The molecule has 0 radical (unpaired) electrons. The lowest BCUT2D eigenvalue weighted by atomic mass is 10.1. The number of phenolic OH excluding ortho intramolecular Hbond substituents is 1. The molecule has 1 aliphatic rings. The van der Waals surface area contributed by atoms with E-state index in [0.29, 0.717) is 18.3 Å². The van der Waals surface area contributed by atoms with Gasteiger partial charge in [0.05, 0.1) is 11.3 Å². The summed E-state index contributed by atoms with van der Waals surface area (Å²) in [6.45, 7) is 4.37. The molecule has 0 spiro atoms. The number of amides is 1. The van der Waals surface area contributed by atoms with Crippen LogP contribution >= 0.6 is 0 Å². The minimum absolute atomic E-state index is 0.0210. The van der Waals surface area contributed by atoms with Gasteiger partial charge in [-0.05, 0) is 38.0 Å². The lowest BCUT2D eigenvalue weighted by Gasteiger charge is -2.23. The van der Waals surface area contributed by atoms with Gasteiger partial charge in [0.1, 0.15) is 11.4 Å². The van der Waals surface area contributed by atoms with E-state index in [2.05, 4.69) is 20.5 Å². The second-order valence-corrected chi connectivity index (χ2v) is 6.69. The van der Waals surface area contributed by atoms with E-state index in [0.717, 1.165) is 31.5 Å². The van der Waals surface area contributed by atoms with Gasteiger partial charge in [-0.2, -0.15) is 13.2 Å². The number of likely N-dealkylation sites (tertiary alicyclic amines) is 1. The quantitative estimate of drug-likeness (QED) is 0.827. The predicted molar refractivity (Wildman–Crippen MR) is 95.6 cm³/mol. The molecule has 2 N–H and O–H groups in total. The number of aromatic nitrogens is 3. The van der Waals surface area contributed by atoms with Crippen molar-refractivity contribution in [1.82, 2.24) is 20.1 Å². The van der Waals surface area contributed by atoms with E-state index in [1.807, 2.05) is 0 Å². The number of aryl methyl sites for hydroxylation is 1. The van der Waals surface area contributed by atoms with Crippen molar-refractivity contribution in [3.8, 4) is 17.0 Å². The van der Waals surface area contributed by atoms with E-state index in [1.54, 1.807) is 11.8 Å². The first-order valence-corrected chi connectivity index (χ1v) is 8.80. The van der Waals surface area contributed by atoms with Gasteiger partial charge in [0.25, 0.3) is 0 Å². The largest absolute Gasteiger partial charge is 0.507 e. The minimum Gasteiger partial charge on any atom is -0.507 e. The highest BCUT2D eigenvalue weighted by Crippen LogP contribution is 2.36. The van der Waals surface area contributed by atoms with Gasteiger partial charge in [-0.1, -0.05) is 0 Å². The number of phenols is 1. The maximum Gasteiger partial charge on any atom is 0.416 e. The van der Waals surface area contributed by atoms with Crippen LogP contribution < -0.4 is 5.32 Å². The molecular formula is C18H20F3N5O2. The van der Waals surface area contributed by atoms with E-state index >= 15 is 0 Å². The highest BCUT2D eigenvalue weighted by molar-refractivity contribution is 5.74. The number of anilines is 1. The van der Waals surface area contributed by atoms with E-state index in [4.69, 9.17) is 0 Å². The molecule has 1 aliphatic heterocycles. The average Bonchev–Trinajstić information content (AvgIpc) is 3.08. The Hall–Kier alpha value is -2.91. The second-order valence-electron chi connectivity index (χ2n) is 6.69. The smallest absolute Gasteiger partial charge is 0.416 e. The Morgan fingerprint density at radius 3 is 2.71 bits per heavy atom. The number of alkyl halides is 3. The van der Waals surface area contributed by atoms with Gasteiger partial charge in [0.15, 0.2) is 0 Å². The van der Waals surface area contributed by atoms with Crippen LogP contribution in [-0.4, -0.2) is 50.2 Å². The minimum atomic E-state index is -4.54. The third-order valence-electron chi connectivity index (χ3n) is 4.72. The van der Waals surface area contributed by atoms with Crippen molar-refractivity contribution in [2.24, 2.45) is 0 Å². The number of nitrogens with one attached hydrogen (secondary N) is 1. The number of halogens is 3. The van der Waals surface area contributed by atoms with E-state index in [-0.39, 0.29) is 29.2 Å². The summed E-state index contributed by atoms with van der Waals surface area (Å²) in [7, 11) is 0. The number of hydrogen-bond donors (Lipinski definition) is 2. The normalized spacial score (nSPS) is 17.0. The number of carbonyl (C=O) groups is 1. The van der Waals surface area contributed by atoms with Crippen molar-refractivity contribution in [3.05, 3.63) is 29.5 Å². The predicted octanol–water partition coefficient (Wildman–Crippen LogP) is 2.99. The molecule has 1 fully saturated rings. The Labute approximate surface area is 159 Å². The summed E-state index contributed by atoms with van der Waals surface area (Å²) in [5.41, 5.74) is -0.224. The van der Waals surface area contributed by atoms with Crippen LogP contribution in [0.5, 0.6) is 5.75 Å². The first-order valence-electron chi connectivity index (χ1n) is 8.80. The summed E-state index contributed by atoms with van der Waals surface area (Å²) in [6, 6.07) is 2.73. The zero-order valence-corrected chi connectivity index (χ0v) is 15.4. The summed E-state index contributed by atoms with van der Waals surface area (Å²) in [5, 5.41) is 21.0. The molecule has 1 aromatic heterocycles. The summed E-state index contributed by atoms with van der Waals surface area (Å²) in [4.78, 5) is 17.7. The Morgan fingerprint density at radius 2 is 2.11 bits per heavy atom. The van der Waals surface area contributed by atoms with Gasteiger partial charge in [0.2, 0.25) is 11.9 Å². The highest BCUT2D eigenvalue weighted by Gasteiger charge is 2.31. The van der Waals surface area contributed by atoms with E-state index in [9.17, 15) is 23.1 Å². The molecule has 150 valence electrons. The molecule has 7 nitrogen and oxygen atoms in total. The SMILES string of the molecule is CC(=O)N1CCC[C@H]1CNc1nnc(-c2ccc(C(F)(F)F)cc2O)c(C)n1. The monoisotopic (exact) mass is 395 g/mol. The Morgan fingerprint density at radius 1 is 1.36 bits per heavy atom. The molecule has 0 saturated carbocycles. The molecule has 10 heteroatoms. The molecule has 2 heterocycles. The molecular weight excluding hydrogens is 375 g/mol. The van der Waals surface area contributed by atoms with Crippen molar-refractivity contribution < 1.29 is 23.1 Å². The molecule has 1 aromatic carbocycles. The molecule has 3 rings (SSSR count). The standard InChI is InChI=1S/C18H20F3N5O2/c1-10-16(14-6-5-12(8-15(14)28)18(19,20)21)24-25-17(23-10)22-9-13-4-3-7-26(13)11(2)27/h5-6,8,13,28H,3-4,7,9H2,1-2H3,(H,22,23,25)/t13-/m0/s1. The molecule has 1 saturated heterocycles. The number of benzene rings is 1. The number of carbonyl (C=O) groups excluding carboxylic acids is 1. The lowest BCUT2D eigenvalue weighted by molar-refractivity contribution is -0.137. The summed E-state index contributed by atoms with van der Waals surface area (Å²) >= 11 is 0. The van der Waals surface area contributed by atoms with Crippen LogP contribution in [0.25, 0.3) is 11.3 Å². The molecule has 2 aromatic rings. The molecule has 1 amide bonds. The molecule has 0 unspecified atom stereocenters. The van der Waals surface area contributed by atoms with Gasteiger partial charge in [0, 0.05) is 31.6 Å². The van der Waals surface area contributed by atoms with Crippen molar-refractivity contribution in [3.63, 3.8) is 0 Å². The van der Waals surface area contributed by atoms with Crippen molar-refractivity contribution in [1.29, 1.82) is 0 Å². The lowest BCUT2D eigenvalue weighted by Crippen LogP contribution is -2.38. The Balaban J connectivity index is 1.75. The van der Waals surface area contributed by atoms with Gasteiger partial charge in [-0.3, -0.25) is 4.79 Å². The van der Waals surface area contributed by atoms with Crippen LogP contribution in [0, 0.1) is 6.92 Å². The fraction of sp³-hybridized carbons (Fsp3) is 0.444. The Kier molecular flexibility index (Phi) is 5.39. The summed E-state index contributed by atoms with van der Waals surface area (Å²) in [5.74, 6) is -0.270. The summed E-state index contributed by atoms with van der Waals surface area (Å²) in [6.07, 6.45) is -2.72. The number of nitrogens with zero attached hydrogens (tertiary/aromatic N) is 4. The van der Waals surface area contributed by atoms with E-state index in [1.165, 1.54) is 6.92 Å². The first kappa shape index (κ1) is 19.8. The van der Waals surface area contributed by atoms with Gasteiger partial charge < -0.3 is 15.3 Å². The fourth-order valence-electron chi connectivity index (χ4n) is 3.31. The molecule has 28 heavy (non-hydrogen) atoms. The Bertz CT molecular complexity index is 888. The summed E-state index contributed by atoms with van der Waals surface area (Å²) < 4.78 is 38.2. The van der Waals surface area contributed by atoms with Crippen LogP contribution in [0.2, 0.25) is 0 Å². The van der Waals surface area contributed by atoms with E-state index < -0.39 is 17.5 Å². The number of aromatic hydroxyl groups is 1. The first-order chi connectivity index (χ1) is 13.2. The third-order valence-corrected chi connectivity index (χ3v) is 4.72. The van der Waals surface area contributed by atoms with Crippen LogP contribution in [0.3, 0.4) is 0 Å². The fourth-order valence-corrected chi connectivity index (χ4v) is 3.31. The van der Waals surface area contributed by atoms with Crippen molar-refractivity contribution >= 4 is 11.9 Å². The molecule has 0 aliphatic carbocycles. The van der Waals surface area contributed by atoms with Crippen LogP contribution in [0.4, 0.5) is 19.1 Å². The molecule has 1 atom stereocenters. The van der Waals surface area contributed by atoms with Crippen LogP contribution in [0.1, 0.15) is 31.0 Å². The maximum atomic E-state index is 12.7. The van der Waals surface area contributed by atoms with Crippen molar-refractivity contribution in [2.45, 2.75) is 38.9 Å². The zero-order chi connectivity index (χ0) is 20.5. The molecule has 0 bridgehead atoms. The average molecular weight is 395 g/mol. The van der Waals surface area contributed by atoms with Crippen molar-refractivity contribution in [2.75, 3.05) is 18.4 Å². The maximum absolute atomic E-state index is 12.7. The third kappa shape index (κ3) is 4.15. The highest BCUT2D eigenvalue weighted by atomic mass is 19.4. The van der Waals surface area contributed by atoms with Gasteiger partial charge in [-0.25, -0.2) is 4.98 Å². The second kappa shape index (κ2) is 7.61. The van der Waals surface area contributed by atoms with Crippen LogP contribution in [0.15, 0.2) is 18.2 Å². The van der Waals surface area contributed by atoms with Crippen LogP contribution in [-0.2, 0) is 11.0 Å².